The van der Waals surface area contributed by atoms with Crippen molar-refractivity contribution in [2.24, 2.45) is 0 Å². The van der Waals surface area contributed by atoms with E-state index in [0.717, 1.165) is 19.3 Å². The molecule has 8 aromatic carbocycles. The summed E-state index contributed by atoms with van der Waals surface area (Å²) < 4.78 is 0. The normalized spacial score (nSPS) is 14.1. The van der Waals surface area contributed by atoms with Crippen molar-refractivity contribution >= 4 is 37.9 Å². The van der Waals surface area contributed by atoms with Crippen LogP contribution in [-0.4, -0.2) is 0 Å². The van der Waals surface area contributed by atoms with Crippen molar-refractivity contribution in [1.82, 2.24) is 0 Å². The van der Waals surface area contributed by atoms with Gasteiger partial charge in [-0.05, 0) is 129 Å². The summed E-state index contributed by atoms with van der Waals surface area (Å²) in [6.07, 6.45) is 8.23. The zero-order valence-corrected chi connectivity index (χ0v) is 27.1. The molecule has 0 spiro atoms. The zero-order chi connectivity index (χ0) is 32.1. The Morgan fingerprint density at radius 2 is 0.837 bits per heavy atom. The Bertz CT molecular complexity index is 2670. The highest BCUT2D eigenvalue weighted by Crippen LogP contribution is 2.58. The van der Waals surface area contributed by atoms with E-state index in [9.17, 15) is 0 Å². The van der Waals surface area contributed by atoms with Crippen LogP contribution in [0.2, 0.25) is 0 Å². The van der Waals surface area contributed by atoms with Crippen LogP contribution < -0.4 is 0 Å². The van der Waals surface area contributed by atoms with E-state index in [4.69, 9.17) is 0 Å². The SMILES string of the molecule is C1=C2Cc3cccc4c(-c5ccc6c7c(cccc57)-c5c-6c(-c6ccccc6)c6ccccc6c5-c5ccccc5)ccc(c34)C2=CCC1. The third-order valence-corrected chi connectivity index (χ3v) is 11.3. The van der Waals surface area contributed by atoms with Gasteiger partial charge < -0.3 is 0 Å². The van der Waals surface area contributed by atoms with Crippen LogP contribution in [0.1, 0.15) is 24.0 Å². The summed E-state index contributed by atoms with van der Waals surface area (Å²) in [4.78, 5) is 0. The molecule has 11 rings (SSSR count). The Morgan fingerprint density at radius 1 is 0.327 bits per heavy atom. The fourth-order valence-corrected chi connectivity index (χ4v) is 9.32. The van der Waals surface area contributed by atoms with Gasteiger partial charge in [0.15, 0.2) is 0 Å². The van der Waals surface area contributed by atoms with Gasteiger partial charge in [-0.15, -0.1) is 0 Å². The van der Waals surface area contributed by atoms with Crippen LogP contribution in [0.3, 0.4) is 0 Å². The summed E-state index contributed by atoms with van der Waals surface area (Å²) in [6, 6.07) is 54.6. The lowest BCUT2D eigenvalue weighted by Crippen LogP contribution is -2.07. The molecule has 0 bridgehead atoms. The van der Waals surface area contributed by atoms with E-state index in [-0.39, 0.29) is 0 Å². The number of fused-ring (bicyclic) bond motifs is 6. The maximum atomic E-state index is 2.47. The first-order valence-corrected chi connectivity index (χ1v) is 17.6. The van der Waals surface area contributed by atoms with E-state index in [1.165, 1.54) is 110 Å². The minimum atomic E-state index is 1.02. The molecule has 0 fully saturated rings. The third-order valence-electron chi connectivity index (χ3n) is 11.3. The summed E-state index contributed by atoms with van der Waals surface area (Å²) in [5.74, 6) is 0. The summed E-state index contributed by atoms with van der Waals surface area (Å²) in [6.45, 7) is 0. The lowest BCUT2D eigenvalue weighted by Gasteiger charge is -2.26. The molecule has 228 valence electrons. The predicted octanol–water partition coefficient (Wildman–Crippen LogP) is 13.5. The highest BCUT2D eigenvalue weighted by atomic mass is 14.3. The topological polar surface area (TPSA) is 0 Å². The lowest BCUT2D eigenvalue weighted by molar-refractivity contribution is 0.999. The lowest BCUT2D eigenvalue weighted by atomic mass is 9.77. The Balaban J connectivity index is 1.24. The van der Waals surface area contributed by atoms with Gasteiger partial charge >= 0.3 is 0 Å². The van der Waals surface area contributed by atoms with Gasteiger partial charge in [-0.1, -0.05) is 158 Å². The van der Waals surface area contributed by atoms with Gasteiger partial charge in [0.2, 0.25) is 0 Å². The van der Waals surface area contributed by atoms with Crippen LogP contribution in [-0.2, 0) is 6.42 Å². The minimum Gasteiger partial charge on any atom is -0.0801 e. The predicted molar refractivity (Wildman–Crippen MR) is 209 cm³/mol. The molecule has 0 amide bonds. The molecule has 3 aliphatic carbocycles. The van der Waals surface area contributed by atoms with Gasteiger partial charge in [-0.3, -0.25) is 0 Å². The van der Waals surface area contributed by atoms with Gasteiger partial charge in [0.05, 0.1) is 0 Å². The fourth-order valence-electron chi connectivity index (χ4n) is 9.32. The fraction of sp³-hybridized carbons (Fsp3) is 0.0612. The maximum absolute atomic E-state index is 2.47. The first-order valence-electron chi connectivity index (χ1n) is 17.6. The second-order valence-electron chi connectivity index (χ2n) is 13.8. The molecule has 0 aromatic heterocycles. The van der Waals surface area contributed by atoms with Crippen LogP contribution in [0.25, 0.3) is 93.5 Å². The van der Waals surface area contributed by atoms with Crippen molar-refractivity contribution in [2.45, 2.75) is 19.3 Å². The van der Waals surface area contributed by atoms with Crippen LogP contribution in [0, 0.1) is 0 Å². The molecule has 0 N–H and O–H groups in total. The van der Waals surface area contributed by atoms with Crippen LogP contribution in [0.5, 0.6) is 0 Å². The van der Waals surface area contributed by atoms with E-state index in [1.54, 1.807) is 0 Å². The molecule has 0 heteroatoms. The Labute approximate surface area is 286 Å². The number of hydrogen-bond donors (Lipinski definition) is 0. The maximum Gasteiger partial charge on any atom is -0.000741 e. The van der Waals surface area contributed by atoms with Gasteiger partial charge in [-0.2, -0.15) is 0 Å². The molecule has 0 saturated carbocycles. The van der Waals surface area contributed by atoms with Gasteiger partial charge in [-0.25, -0.2) is 0 Å². The molecule has 0 radical (unpaired) electrons. The molecule has 3 aliphatic rings. The summed E-state index contributed by atoms with van der Waals surface area (Å²) in [5, 5.41) is 8.07. The van der Waals surface area contributed by atoms with Crippen LogP contribution >= 0.6 is 0 Å². The van der Waals surface area contributed by atoms with Crippen molar-refractivity contribution < 1.29 is 0 Å². The smallest absolute Gasteiger partial charge is 0.000741 e. The Morgan fingerprint density at radius 3 is 1.51 bits per heavy atom. The first-order chi connectivity index (χ1) is 24.3. The Kier molecular flexibility index (Phi) is 5.66. The second kappa shape index (κ2) is 10.3. The first kappa shape index (κ1) is 27.0. The number of hydrogen-bond acceptors (Lipinski definition) is 0. The average Bonchev–Trinajstić information content (AvgIpc) is 3.50. The van der Waals surface area contributed by atoms with E-state index in [0.29, 0.717) is 0 Å². The molecule has 0 aliphatic heterocycles. The van der Waals surface area contributed by atoms with Gasteiger partial charge in [0.1, 0.15) is 0 Å². The molecule has 0 heterocycles. The van der Waals surface area contributed by atoms with Crippen molar-refractivity contribution in [3.8, 4) is 55.6 Å². The number of rotatable bonds is 3. The molecule has 0 saturated heterocycles. The monoisotopic (exact) mass is 620 g/mol. The van der Waals surface area contributed by atoms with Crippen molar-refractivity contribution in [3.63, 3.8) is 0 Å². The van der Waals surface area contributed by atoms with E-state index in [1.807, 2.05) is 0 Å². The van der Waals surface area contributed by atoms with Crippen molar-refractivity contribution in [2.75, 3.05) is 0 Å². The summed E-state index contributed by atoms with van der Waals surface area (Å²) in [5.41, 5.74) is 18.9. The van der Waals surface area contributed by atoms with Gasteiger partial charge in [0.25, 0.3) is 0 Å². The van der Waals surface area contributed by atoms with E-state index < -0.39 is 0 Å². The average molecular weight is 621 g/mol. The molecule has 0 unspecified atom stereocenters. The van der Waals surface area contributed by atoms with E-state index >= 15 is 0 Å². The van der Waals surface area contributed by atoms with Gasteiger partial charge in [0, 0.05) is 0 Å². The molecular weight excluding hydrogens is 589 g/mol. The second-order valence-corrected chi connectivity index (χ2v) is 13.8. The summed E-state index contributed by atoms with van der Waals surface area (Å²) >= 11 is 0. The van der Waals surface area contributed by atoms with Crippen LogP contribution in [0.4, 0.5) is 0 Å². The number of benzene rings is 8. The molecule has 49 heavy (non-hydrogen) atoms. The quantitative estimate of drug-likeness (QED) is 0.184. The highest BCUT2D eigenvalue weighted by Gasteiger charge is 2.31. The number of allylic oxidation sites excluding steroid dienone is 4. The largest absolute Gasteiger partial charge is 0.0801 e. The molecule has 8 aromatic rings. The van der Waals surface area contributed by atoms with Crippen molar-refractivity contribution in [3.05, 3.63) is 174 Å². The summed E-state index contributed by atoms with van der Waals surface area (Å²) in [7, 11) is 0. The highest BCUT2D eigenvalue weighted by molar-refractivity contribution is 6.29. The Hall–Kier alpha value is -5.98. The minimum absolute atomic E-state index is 1.02. The zero-order valence-electron chi connectivity index (χ0n) is 27.1. The molecular formula is C49H32. The third kappa shape index (κ3) is 3.75. The molecule has 0 atom stereocenters. The molecule has 0 nitrogen and oxygen atoms in total. The standard InChI is InChI=1S/C49H32/c1-3-13-30(14-4-1)45-39-20-9-10-21-40(39)46(31-15-5-2-6-16-31)49-43-28-26-36(38-23-12-24-42(47(38)43)48(45)49)35-25-27-41-34-19-8-7-17-32(34)29-33-18-11-22-37(35)44(33)41/h1-6,9-28H,7-8,29H2. The van der Waals surface area contributed by atoms with Crippen molar-refractivity contribution in [1.29, 1.82) is 0 Å². The van der Waals surface area contributed by atoms with E-state index in [2.05, 4.69) is 158 Å². The van der Waals surface area contributed by atoms with Crippen LogP contribution in [0.15, 0.2) is 163 Å².